The Bertz CT molecular complexity index is 518. The van der Waals surface area contributed by atoms with Crippen LogP contribution in [0.3, 0.4) is 0 Å². The van der Waals surface area contributed by atoms with Crippen molar-refractivity contribution < 1.29 is 19.4 Å². The van der Waals surface area contributed by atoms with E-state index in [9.17, 15) is 9.59 Å². The van der Waals surface area contributed by atoms with E-state index < -0.39 is 5.97 Å². The summed E-state index contributed by atoms with van der Waals surface area (Å²) >= 11 is 0. The van der Waals surface area contributed by atoms with Crippen LogP contribution in [0.2, 0.25) is 0 Å². The minimum atomic E-state index is -0.945. The number of benzene rings is 1. The highest BCUT2D eigenvalue weighted by Gasteiger charge is 2.29. The Morgan fingerprint density at radius 3 is 3.00 bits per heavy atom. The predicted octanol–water partition coefficient (Wildman–Crippen LogP) is 0.722. The van der Waals surface area contributed by atoms with E-state index in [0.29, 0.717) is 32.8 Å². The number of hydrogen-bond donors (Lipinski definition) is 2. The van der Waals surface area contributed by atoms with Crippen molar-refractivity contribution in [2.75, 3.05) is 26.3 Å². The summed E-state index contributed by atoms with van der Waals surface area (Å²) in [5, 5.41) is 11.8. The molecule has 1 atom stereocenters. The second-order valence-electron chi connectivity index (χ2n) is 4.96. The molecule has 1 unspecified atom stereocenters. The quantitative estimate of drug-likeness (QED) is 0.836. The first-order chi connectivity index (χ1) is 10.1. The van der Waals surface area contributed by atoms with Gasteiger partial charge in [0.2, 0.25) is 5.91 Å². The van der Waals surface area contributed by atoms with Crippen LogP contribution in [-0.2, 0) is 16.1 Å². The highest BCUT2D eigenvalue weighted by molar-refractivity contribution is 5.87. The molecular weight excluding hydrogens is 272 g/mol. The third-order valence-electron chi connectivity index (χ3n) is 3.45. The minimum absolute atomic E-state index is 0.0495. The predicted molar refractivity (Wildman–Crippen MR) is 77.1 cm³/mol. The molecule has 0 saturated carbocycles. The van der Waals surface area contributed by atoms with Gasteiger partial charge in [0, 0.05) is 19.6 Å². The Morgan fingerprint density at radius 2 is 2.29 bits per heavy atom. The summed E-state index contributed by atoms with van der Waals surface area (Å²) < 4.78 is 5.38. The standard InChI is InChI=1S/C15H20N2O4/c1-2-16-14(18)13-10-21-7-6-17(13)9-11-4-3-5-12(8-11)15(19)20/h3-5,8,13H,2,6-7,9-10H2,1H3,(H,16,18)(H,19,20). The van der Waals surface area contributed by atoms with E-state index in [0.717, 1.165) is 5.56 Å². The van der Waals surface area contributed by atoms with Crippen molar-refractivity contribution in [1.82, 2.24) is 10.2 Å². The number of ether oxygens (including phenoxy) is 1. The van der Waals surface area contributed by atoms with Crippen molar-refractivity contribution in [1.29, 1.82) is 0 Å². The molecule has 0 aromatic heterocycles. The molecular formula is C15H20N2O4. The third-order valence-corrected chi connectivity index (χ3v) is 3.45. The van der Waals surface area contributed by atoms with Gasteiger partial charge in [0.25, 0.3) is 0 Å². The van der Waals surface area contributed by atoms with Crippen LogP contribution in [0.25, 0.3) is 0 Å². The minimum Gasteiger partial charge on any atom is -0.478 e. The van der Waals surface area contributed by atoms with Gasteiger partial charge in [-0.3, -0.25) is 9.69 Å². The Kier molecular flexibility index (Phi) is 5.30. The molecule has 1 aliphatic rings. The van der Waals surface area contributed by atoms with Crippen LogP contribution in [0.4, 0.5) is 0 Å². The number of rotatable bonds is 5. The van der Waals surface area contributed by atoms with Gasteiger partial charge in [-0.25, -0.2) is 4.79 Å². The van der Waals surface area contributed by atoms with E-state index in [1.54, 1.807) is 18.2 Å². The zero-order valence-electron chi connectivity index (χ0n) is 12.0. The zero-order valence-corrected chi connectivity index (χ0v) is 12.0. The first-order valence-corrected chi connectivity index (χ1v) is 7.03. The van der Waals surface area contributed by atoms with Crippen LogP contribution < -0.4 is 5.32 Å². The Morgan fingerprint density at radius 1 is 1.48 bits per heavy atom. The van der Waals surface area contributed by atoms with Crippen LogP contribution in [0, 0.1) is 0 Å². The molecule has 1 aliphatic heterocycles. The molecule has 1 aromatic carbocycles. The summed E-state index contributed by atoms with van der Waals surface area (Å²) in [5.41, 5.74) is 1.14. The van der Waals surface area contributed by atoms with Crippen LogP contribution in [0.15, 0.2) is 24.3 Å². The monoisotopic (exact) mass is 292 g/mol. The number of carboxylic acid groups (broad SMARTS) is 1. The average Bonchev–Trinajstić information content (AvgIpc) is 2.48. The van der Waals surface area contributed by atoms with Crippen molar-refractivity contribution in [3.05, 3.63) is 35.4 Å². The molecule has 0 radical (unpaired) electrons. The lowest BCUT2D eigenvalue weighted by Crippen LogP contribution is -2.53. The SMILES string of the molecule is CCNC(=O)C1COCCN1Cc1cccc(C(=O)O)c1. The fourth-order valence-electron chi connectivity index (χ4n) is 2.40. The maximum atomic E-state index is 12.0. The topological polar surface area (TPSA) is 78.9 Å². The summed E-state index contributed by atoms with van der Waals surface area (Å²) in [7, 11) is 0. The Labute approximate surface area is 123 Å². The van der Waals surface area contributed by atoms with Crippen LogP contribution in [-0.4, -0.2) is 54.2 Å². The van der Waals surface area contributed by atoms with E-state index in [4.69, 9.17) is 9.84 Å². The molecule has 114 valence electrons. The molecule has 1 amide bonds. The second kappa shape index (κ2) is 7.19. The number of aromatic carboxylic acids is 1. The van der Waals surface area contributed by atoms with Gasteiger partial charge in [-0.15, -0.1) is 0 Å². The number of carboxylic acids is 1. The zero-order chi connectivity index (χ0) is 15.2. The van der Waals surface area contributed by atoms with E-state index in [1.807, 2.05) is 17.9 Å². The summed E-state index contributed by atoms with van der Waals surface area (Å²) in [6.07, 6.45) is 0. The van der Waals surface area contributed by atoms with Crippen molar-refractivity contribution in [2.45, 2.75) is 19.5 Å². The van der Waals surface area contributed by atoms with Crippen LogP contribution in [0.1, 0.15) is 22.8 Å². The molecule has 6 nitrogen and oxygen atoms in total. The fourth-order valence-corrected chi connectivity index (χ4v) is 2.40. The van der Waals surface area contributed by atoms with Crippen LogP contribution >= 0.6 is 0 Å². The highest BCUT2D eigenvalue weighted by atomic mass is 16.5. The maximum Gasteiger partial charge on any atom is 0.335 e. The van der Waals surface area contributed by atoms with Crippen molar-refractivity contribution in [2.24, 2.45) is 0 Å². The number of carbonyl (C=O) groups is 2. The van der Waals surface area contributed by atoms with E-state index in [2.05, 4.69) is 5.32 Å². The Hall–Kier alpha value is -1.92. The summed E-state index contributed by atoms with van der Waals surface area (Å²) in [6, 6.07) is 6.47. The van der Waals surface area contributed by atoms with Gasteiger partial charge in [-0.2, -0.15) is 0 Å². The van der Waals surface area contributed by atoms with E-state index in [1.165, 1.54) is 0 Å². The molecule has 1 aromatic rings. The Balaban J connectivity index is 2.10. The van der Waals surface area contributed by atoms with Gasteiger partial charge < -0.3 is 15.2 Å². The first-order valence-electron chi connectivity index (χ1n) is 7.03. The van der Waals surface area contributed by atoms with E-state index >= 15 is 0 Å². The van der Waals surface area contributed by atoms with Gasteiger partial charge in [-0.05, 0) is 24.6 Å². The molecule has 21 heavy (non-hydrogen) atoms. The number of amides is 1. The largest absolute Gasteiger partial charge is 0.478 e. The van der Waals surface area contributed by atoms with Crippen LogP contribution in [0.5, 0.6) is 0 Å². The van der Waals surface area contributed by atoms with Gasteiger partial charge >= 0.3 is 5.97 Å². The molecule has 0 spiro atoms. The lowest BCUT2D eigenvalue weighted by molar-refractivity contribution is -0.132. The van der Waals surface area contributed by atoms with Crippen molar-refractivity contribution in [3.8, 4) is 0 Å². The lowest BCUT2D eigenvalue weighted by Gasteiger charge is -2.34. The molecule has 2 rings (SSSR count). The van der Waals surface area contributed by atoms with Gasteiger partial charge in [0.05, 0.1) is 18.8 Å². The number of carbonyl (C=O) groups excluding carboxylic acids is 1. The normalized spacial score (nSPS) is 19.2. The van der Waals surface area contributed by atoms with Crippen molar-refractivity contribution >= 4 is 11.9 Å². The molecule has 6 heteroatoms. The van der Waals surface area contributed by atoms with E-state index in [-0.39, 0.29) is 17.5 Å². The summed E-state index contributed by atoms with van der Waals surface area (Å²) in [4.78, 5) is 25.1. The maximum absolute atomic E-state index is 12.0. The molecule has 2 N–H and O–H groups in total. The smallest absolute Gasteiger partial charge is 0.335 e. The molecule has 1 fully saturated rings. The molecule has 0 bridgehead atoms. The average molecular weight is 292 g/mol. The molecule has 1 heterocycles. The van der Waals surface area contributed by atoms with Gasteiger partial charge in [-0.1, -0.05) is 12.1 Å². The number of likely N-dealkylation sites (N-methyl/N-ethyl adjacent to an activating group) is 1. The summed E-state index contributed by atoms with van der Waals surface area (Å²) in [6.45, 7) is 4.59. The number of hydrogen-bond acceptors (Lipinski definition) is 4. The third kappa shape index (κ3) is 4.03. The second-order valence-corrected chi connectivity index (χ2v) is 4.96. The number of morpholine rings is 1. The number of nitrogens with one attached hydrogen (secondary N) is 1. The van der Waals surface area contributed by atoms with Gasteiger partial charge in [0.15, 0.2) is 0 Å². The molecule has 0 aliphatic carbocycles. The first kappa shape index (κ1) is 15.5. The van der Waals surface area contributed by atoms with Crippen molar-refractivity contribution in [3.63, 3.8) is 0 Å². The van der Waals surface area contributed by atoms with Gasteiger partial charge in [0.1, 0.15) is 6.04 Å². The molecule has 1 saturated heterocycles. The lowest BCUT2D eigenvalue weighted by atomic mass is 10.1. The number of nitrogens with zero attached hydrogens (tertiary/aromatic N) is 1. The highest BCUT2D eigenvalue weighted by Crippen LogP contribution is 2.14. The fraction of sp³-hybridized carbons (Fsp3) is 0.467. The summed E-state index contributed by atoms with van der Waals surface area (Å²) in [5.74, 6) is -0.995.